The zero-order valence-electron chi connectivity index (χ0n) is 17.3. The van der Waals surface area contributed by atoms with Crippen LogP contribution >= 0.6 is 36.2 Å². The van der Waals surface area contributed by atoms with E-state index in [2.05, 4.69) is 33.9 Å². The zero-order valence-corrected chi connectivity index (χ0v) is 19.8. The standard InChI is InChI=1S/C18H32N4O5S3/c1-29-8-5-12(20-15(23)11-4-3-7-19-11)16(24)21-13(6-9-30-2)17(25)22-14(10-28)18(26)27/h11-14,19,28H,3-10H2,1-2H3,(H,20,23)(H,21,24)(H,22,25)(H,26,27). The van der Waals surface area contributed by atoms with Gasteiger partial charge in [-0.05, 0) is 56.2 Å². The summed E-state index contributed by atoms with van der Waals surface area (Å²) in [6.07, 6.45) is 6.18. The Kier molecular flexibility index (Phi) is 13.3. The van der Waals surface area contributed by atoms with E-state index in [-0.39, 0.29) is 17.7 Å². The van der Waals surface area contributed by atoms with Gasteiger partial charge in [0.05, 0.1) is 6.04 Å². The molecule has 0 bridgehead atoms. The molecule has 5 N–H and O–H groups in total. The quantitative estimate of drug-likeness (QED) is 0.187. The van der Waals surface area contributed by atoms with Crippen molar-refractivity contribution in [3.63, 3.8) is 0 Å². The minimum absolute atomic E-state index is 0.0644. The summed E-state index contributed by atoms with van der Waals surface area (Å²) in [5.41, 5.74) is 0. The van der Waals surface area contributed by atoms with Gasteiger partial charge in [0.25, 0.3) is 0 Å². The molecule has 0 aromatic heterocycles. The minimum atomic E-state index is -1.19. The van der Waals surface area contributed by atoms with E-state index in [4.69, 9.17) is 5.11 Å². The fraction of sp³-hybridized carbons (Fsp3) is 0.778. The molecule has 0 saturated carbocycles. The number of nitrogens with one attached hydrogen (secondary N) is 4. The smallest absolute Gasteiger partial charge is 0.327 e. The van der Waals surface area contributed by atoms with Crippen molar-refractivity contribution < 1.29 is 24.3 Å². The Morgan fingerprint density at radius 2 is 1.53 bits per heavy atom. The van der Waals surface area contributed by atoms with E-state index in [1.807, 2.05) is 12.5 Å². The summed E-state index contributed by atoms with van der Waals surface area (Å²) in [7, 11) is 0. The first-order chi connectivity index (χ1) is 14.3. The fourth-order valence-electron chi connectivity index (χ4n) is 2.92. The Labute approximate surface area is 191 Å². The Bertz CT molecular complexity index is 590. The molecule has 0 aromatic carbocycles. The van der Waals surface area contributed by atoms with Crippen molar-refractivity contribution >= 4 is 59.8 Å². The lowest BCUT2D eigenvalue weighted by molar-refractivity contribution is -0.141. The molecule has 1 aliphatic heterocycles. The largest absolute Gasteiger partial charge is 0.480 e. The van der Waals surface area contributed by atoms with Crippen LogP contribution in [0.5, 0.6) is 0 Å². The highest BCUT2D eigenvalue weighted by molar-refractivity contribution is 7.98. The van der Waals surface area contributed by atoms with Crippen molar-refractivity contribution in [3.8, 4) is 0 Å². The molecule has 172 valence electrons. The minimum Gasteiger partial charge on any atom is -0.480 e. The van der Waals surface area contributed by atoms with E-state index in [9.17, 15) is 19.2 Å². The summed E-state index contributed by atoms with van der Waals surface area (Å²) < 4.78 is 0. The molecule has 4 atom stereocenters. The van der Waals surface area contributed by atoms with Crippen molar-refractivity contribution in [2.75, 3.05) is 36.3 Å². The van der Waals surface area contributed by atoms with Crippen LogP contribution in [0.3, 0.4) is 0 Å². The van der Waals surface area contributed by atoms with Gasteiger partial charge in [-0.3, -0.25) is 14.4 Å². The summed E-state index contributed by atoms with van der Waals surface area (Å²) in [4.78, 5) is 49.1. The van der Waals surface area contributed by atoms with Crippen LogP contribution in [-0.2, 0) is 19.2 Å². The highest BCUT2D eigenvalue weighted by Gasteiger charge is 2.30. The van der Waals surface area contributed by atoms with Crippen LogP contribution in [0.4, 0.5) is 0 Å². The van der Waals surface area contributed by atoms with Crippen LogP contribution in [-0.4, -0.2) is 89.3 Å². The summed E-state index contributed by atoms with van der Waals surface area (Å²) >= 11 is 7.02. The van der Waals surface area contributed by atoms with Gasteiger partial charge in [-0.15, -0.1) is 0 Å². The van der Waals surface area contributed by atoms with E-state index >= 15 is 0 Å². The summed E-state index contributed by atoms with van der Waals surface area (Å²) in [6, 6.07) is -3.12. The number of carbonyl (C=O) groups excluding carboxylic acids is 3. The van der Waals surface area contributed by atoms with Crippen molar-refractivity contribution in [2.45, 2.75) is 49.9 Å². The van der Waals surface area contributed by atoms with Crippen molar-refractivity contribution in [2.24, 2.45) is 0 Å². The average Bonchev–Trinajstić information content (AvgIpc) is 3.26. The third-order valence-electron chi connectivity index (χ3n) is 4.66. The number of hydrogen-bond donors (Lipinski definition) is 6. The number of carbonyl (C=O) groups is 4. The molecule has 9 nitrogen and oxygen atoms in total. The molecule has 30 heavy (non-hydrogen) atoms. The summed E-state index contributed by atoms with van der Waals surface area (Å²) in [6.45, 7) is 0.770. The van der Waals surface area contributed by atoms with E-state index in [0.717, 1.165) is 19.4 Å². The van der Waals surface area contributed by atoms with Gasteiger partial charge in [0.2, 0.25) is 17.7 Å². The third kappa shape index (κ3) is 9.36. The van der Waals surface area contributed by atoms with Gasteiger partial charge in [-0.2, -0.15) is 36.2 Å². The van der Waals surface area contributed by atoms with E-state index in [1.165, 1.54) is 11.8 Å². The fourth-order valence-corrected chi connectivity index (χ4v) is 4.11. The normalized spacial score (nSPS) is 18.8. The van der Waals surface area contributed by atoms with E-state index in [1.54, 1.807) is 11.8 Å². The maximum atomic E-state index is 12.9. The molecule has 1 fully saturated rings. The second kappa shape index (κ2) is 14.8. The van der Waals surface area contributed by atoms with E-state index in [0.29, 0.717) is 24.3 Å². The summed E-state index contributed by atoms with van der Waals surface area (Å²) in [5, 5.41) is 20.1. The van der Waals surface area contributed by atoms with E-state index < -0.39 is 35.9 Å². The van der Waals surface area contributed by atoms with Gasteiger partial charge in [0.1, 0.15) is 18.1 Å². The molecule has 4 unspecified atom stereocenters. The van der Waals surface area contributed by atoms with Crippen LogP contribution in [0.25, 0.3) is 0 Å². The van der Waals surface area contributed by atoms with Crippen LogP contribution in [0.15, 0.2) is 0 Å². The number of carboxylic acids is 1. The van der Waals surface area contributed by atoms with Crippen LogP contribution in [0, 0.1) is 0 Å². The Hall–Kier alpha value is -1.11. The lowest BCUT2D eigenvalue weighted by atomic mass is 10.1. The van der Waals surface area contributed by atoms with Gasteiger partial charge in [0.15, 0.2) is 0 Å². The number of amides is 3. The lowest BCUT2D eigenvalue weighted by Gasteiger charge is -2.25. The van der Waals surface area contributed by atoms with Crippen molar-refractivity contribution in [1.29, 1.82) is 0 Å². The number of thioether (sulfide) groups is 2. The van der Waals surface area contributed by atoms with Crippen LogP contribution < -0.4 is 21.3 Å². The van der Waals surface area contributed by atoms with Gasteiger partial charge < -0.3 is 26.4 Å². The van der Waals surface area contributed by atoms with Gasteiger partial charge >= 0.3 is 5.97 Å². The Morgan fingerprint density at radius 3 is 1.97 bits per heavy atom. The molecule has 3 amide bonds. The molecule has 0 radical (unpaired) electrons. The Morgan fingerprint density at radius 1 is 1.00 bits per heavy atom. The topological polar surface area (TPSA) is 137 Å². The highest BCUT2D eigenvalue weighted by Crippen LogP contribution is 2.08. The summed E-state index contributed by atoms with van der Waals surface area (Å²) in [5.74, 6) is -1.24. The maximum absolute atomic E-state index is 12.9. The molecule has 0 spiro atoms. The van der Waals surface area contributed by atoms with Gasteiger partial charge in [-0.25, -0.2) is 4.79 Å². The molecule has 1 heterocycles. The van der Waals surface area contributed by atoms with Crippen molar-refractivity contribution in [3.05, 3.63) is 0 Å². The number of carboxylic acid groups (broad SMARTS) is 1. The predicted octanol–water partition coefficient (Wildman–Crippen LogP) is -0.287. The first-order valence-electron chi connectivity index (χ1n) is 9.80. The number of thiol groups is 1. The molecular formula is C18H32N4O5S3. The molecule has 1 aliphatic rings. The molecule has 0 aliphatic carbocycles. The third-order valence-corrected chi connectivity index (χ3v) is 6.31. The number of hydrogen-bond acceptors (Lipinski definition) is 8. The second-order valence-corrected chi connectivity index (χ2v) is 9.25. The average molecular weight is 481 g/mol. The van der Waals surface area contributed by atoms with Crippen molar-refractivity contribution in [1.82, 2.24) is 21.3 Å². The predicted molar refractivity (Wildman–Crippen MR) is 124 cm³/mol. The molecule has 0 aromatic rings. The Balaban J connectivity index is 2.82. The number of aliphatic carboxylic acids is 1. The number of rotatable bonds is 14. The molecule has 12 heteroatoms. The first kappa shape index (κ1) is 26.9. The van der Waals surface area contributed by atoms with Gasteiger partial charge in [0, 0.05) is 5.75 Å². The molecule has 1 rings (SSSR count). The second-order valence-electron chi connectivity index (χ2n) is 6.92. The van der Waals surface area contributed by atoms with Gasteiger partial charge in [-0.1, -0.05) is 0 Å². The van der Waals surface area contributed by atoms with Crippen LogP contribution in [0.1, 0.15) is 25.7 Å². The SMILES string of the molecule is CSCCC(NC(=O)C(CCSC)NC(=O)C1CCCN1)C(=O)NC(CS)C(=O)O. The molecular weight excluding hydrogens is 448 g/mol. The first-order valence-corrected chi connectivity index (χ1v) is 13.2. The monoisotopic (exact) mass is 480 g/mol. The highest BCUT2D eigenvalue weighted by atomic mass is 32.2. The lowest BCUT2D eigenvalue weighted by Crippen LogP contribution is -2.57. The van der Waals surface area contributed by atoms with Crippen LogP contribution in [0.2, 0.25) is 0 Å². The zero-order chi connectivity index (χ0) is 22.5. The molecule has 1 saturated heterocycles. The maximum Gasteiger partial charge on any atom is 0.327 e.